The van der Waals surface area contributed by atoms with E-state index in [2.05, 4.69) is 4.98 Å². The summed E-state index contributed by atoms with van der Waals surface area (Å²) in [6.07, 6.45) is 3.76. The first kappa shape index (κ1) is 10.7. The zero-order valence-corrected chi connectivity index (χ0v) is 9.20. The minimum atomic E-state index is -0.154. The molecule has 0 atom stereocenters. The van der Waals surface area contributed by atoms with Crippen LogP contribution in [0.15, 0.2) is 12.1 Å². The second-order valence-electron chi connectivity index (χ2n) is 3.82. The highest BCUT2D eigenvalue weighted by molar-refractivity contribution is 6.31. The number of hydrogen-bond donors (Lipinski definition) is 1. The maximum atomic E-state index is 8.96. The number of aromatic nitrogens is 1. The molecule has 1 aromatic heterocycles. The molecule has 0 aromatic carbocycles. The van der Waals surface area contributed by atoms with Gasteiger partial charge in [-0.1, -0.05) is 24.4 Å². The van der Waals surface area contributed by atoms with E-state index in [1.807, 2.05) is 0 Å². The molecule has 0 saturated heterocycles. The largest absolute Gasteiger partial charge is 0.478 e. The molecular weight excluding hydrogens is 214 g/mol. The predicted octanol–water partition coefficient (Wildman–Crippen LogP) is 2.41. The summed E-state index contributed by atoms with van der Waals surface area (Å²) in [4.78, 5) is 4.10. The van der Waals surface area contributed by atoms with Crippen LogP contribution in [0.4, 0.5) is 0 Å². The molecule has 0 aliphatic heterocycles. The molecule has 82 valence electrons. The Kier molecular flexibility index (Phi) is 3.44. The Bertz CT molecular complexity index is 339. The highest BCUT2D eigenvalue weighted by Gasteiger charge is 2.20. The standard InChI is InChI=1S/C11H14ClNO2/c12-9-3-4-11(13-10(9)7-14)15-6-5-8-1-2-8/h3-4,8,14H,1-2,5-7H2. The lowest BCUT2D eigenvalue weighted by atomic mass is 10.3. The Balaban J connectivity index is 1.89. The second-order valence-corrected chi connectivity index (χ2v) is 4.22. The normalized spacial score (nSPS) is 15.3. The van der Waals surface area contributed by atoms with Crippen LogP contribution in [-0.4, -0.2) is 16.7 Å². The summed E-state index contributed by atoms with van der Waals surface area (Å²) >= 11 is 5.81. The Hall–Kier alpha value is -0.800. The van der Waals surface area contributed by atoms with Gasteiger partial charge in [0.15, 0.2) is 0 Å². The summed E-state index contributed by atoms with van der Waals surface area (Å²) in [6, 6.07) is 3.43. The smallest absolute Gasteiger partial charge is 0.213 e. The van der Waals surface area contributed by atoms with Crippen molar-refractivity contribution in [3.63, 3.8) is 0 Å². The zero-order valence-electron chi connectivity index (χ0n) is 8.45. The average molecular weight is 228 g/mol. The van der Waals surface area contributed by atoms with Crippen LogP contribution in [-0.2, 0) is 6.61 Å². The molecule has 1 N–H and O–H groups in total. The van der Waals surface area contributed by atoms with Crippen molar-refractivity contribution in [1.29, 1.82) is 0 Å². The first-order valence-electron chi connectivity index (χ1n) is 5.18. The molecule has 0 amide bonds. The quantitative estimate of drug-likeness (QED) is 0.840. The molecular formula is C11H14ClNO2. The second kappa shape index (κ2) is 4.81. The van der Waals surface area contributed by atoms with Gasteiger partial charge in [-0.05, 0) is 18.4 Å². The number of rotatable bonds is 5. The molecule has 1 aliphatic rings. The van der Waals surface area contributed by atoms with Gasteiger partial charge in [-0.2, -0.15) is 0 Å². The number of halogens is 1. The lowest BCUT2D eigenvalue weighted by molar-refractivity contribution is 0.266. The number of aliphatic hydroxyl groups excluding tert-OH is 1. The van der Waals surface area contributed by atoms with Crippen LogP contribution in [0.1, 0.15) is 25.0 Å². The minimum Gasteiger partial charge on any atom is -0.478 e. The van der Waals surface area contributed by atoms with E-state index >= 15 is 0 Å². The van der Waals surface area contributed by atoms with Crippen LogP contribution in [0.5, 0.6) is 5.88 Å². The lowest BCUT2D eigenvalue weighted by Gasteiger charge is -2.06. The van der Waals surface area contributed by atoms with E-state index in [-0.39, 0.29) is 6.61 Å². The lowest BCUT2D eigenvalue weighted by Crippen LogP contribution is -2.01. The summed E-state index contributed by atoms with van der Waals surface area (Å²) in [7, 11) is 0. The number of ether oxygens (including phenoxy) is 1. The number of aliphatic hydroxyl groups is 1. The predicted molar refractivity (Wildman–Crippen MR) is 58.0 cm³/mol. The van der Waals surface area contributed by atoms with Gasteiger partial charge in [-0.25, -0.2) is 4.98 Å². The van der Waals surface area contributed by atoms with Crippen LogP contribution in [0, 0.1) is 5.92 Å². The summed E-state index contributed by atoms with van der Waals surface area (Å²) in [5.74, 6) is 1.40. The Morgan fingerprint density at radius 1 is 1.47 bits per heavy atom. The van der Waals surface area contributed by atoms with Gasteiger partial charge < -0.3 is 9.84 Å². The van der Waals surface area contributed by atoms with Crippen molar-refractivity contribution in [2.75, 3.05) is 6.61 Å². The van der Waals surface area contributed by atoms with Crippen LogP contribution in [0.2, 0.25) is 5.02 Å². The first-order valence-corrected chi connectivity index (χ1v) is 5.56. The van der Waals surface area contributed by atoms with Crippen LogP contribution in [0.25, 0.3) is 0 Å². The SMILES string of the molecule is OCc1nc(OCCC2CC2)ccc1Cl. The summed E-state index contributed by atoms with van der Waals surface area (Å²) in [5.41, 5.74) is 0.473. The van der Waals surface area contributed by atoms with Crippen molar-refractivity contribution in [2.45, 2.75) is 25.9 Å². The molecule has 15 heavy (non-hydrogen) atoms. The number of pyridine rings is 1. The zero-order chi connectivity index (χ0) is 10.7. The van der Waals surface area contributed by atoms with E-state index < -0.39 is 0 Å². The van der Waals surface area contributed by atoms with Crippen LogP contribution < -0.4 is 4.74 Å². The van der Waals surface area contributed by atoms with Gasteiger partial charge >= 0.3 is 0 Å². The molecule has 1 aromatic rings. The fourth-order valence-corrected chi connectivity index (χ4v) is 1.56. The van der Waals surface area contributed by atoms with Gasteiger partial charge in [0.25, 0.3) is 0 Å². The first-order chi connectivity index (χ1) is 7.29. The van der Waals surface area contributed by atoms with Crippen molar-refractivity contribution >= 4 is 11.6 Å². The van der Waals surface area contributed by atoms with E-state index in [4.69, 9.17) is 21.4 Å². The Morgan fingerprint density at radius 3 is 2.93 bits per heavy atom. The average Bonchev–Trinajstić information content (AvgIpc) is 3.04. The molecule has 2 rings (SSSR count). The van der Waals surface area contributed by atoms with Gasteiger partial charge in [0, 0.05) is 6.07 Å². The van der Waals surface area contributed by atoms with Gasteiger partial charge in [0.05, 0.1) is 23.9 Å². The molecule has 1 fully saturated rings. The molecule has 0 spiro atoms. The topological polar surface area (TPSA) is 42.4 Å². The summed E-state index contributed by atoms with van der Waals surface area (Å²) < 4.78 is 5.47. The highest BCUT2D eigenvalue weighted by Crippen LogP contribution is 2.32. The summed E-state index contributed by atoms with van der Waals surface area (Å²) in [5, 5.41) is 9.44. The molecule has 1 saturated carbocycles. The molecule has 0 unspecified atom stereocenters. The van der Waals surface area contributed by atoms with Crippen molar-refractivity contribution in [2.24, 2.45) is 5.92 Å². The third kappa shape index (κ3) is 3.08. The van der Waals surface area contributed by atoms with E-state index in [1.165, 1.54) is 12.8 Å². The van der Waals surface area contributed by atoms with Crippen molar-refractivity contribution < 1.29 is 9.84 Å². The van der Waals surface area contributed by atoms with Crippen molar-refractivity contribution in [1.82, 2.24) is 4.98 Å². The Morgan fingerprint density at radius 2 is 2.27 bits per heavy atom. The van der Waals surface area contributed by atoms with Gasteiger partial charge in [0.2, 0.25) is 5.88 Å². The molecule has 4 heteroatoms. The van der Waals surface area contributed by atoms with Gasteiger partial charge in [-0.15, -0.1) is 0 Å². The van der Waals surface area contributed by atoms with E-state index in [9.17, 15) is 0 Å². The van der Waals surface area contributed by atoms with E-state index in [0.29, 0.717) is 23.2 Å². The molecule has 3 nitrogen and oxygen atoms in total. The van der Waals surface area contributed by atoms with E-state index in [0.717, 1.165) is 12.3 Å². The number of hydrogen-bond acceptors (Lipinski definition) is 3. The van der Waals surface area contributed by atoms with Gasteiger partial charge in [-0.3, -0.25) is 0 Å². The molecule has 0 bridgehead atoms. The molecule has 0 radical (unpaired) electrons. The summed E-state index contributed by atoms with van der Waals surface area (Å²) in [6.45, 7) is 0.544. The minimum absolute atomic E-state index is 0.154. The van der Waals surface area contributed by atoms with E-state index in [1.54, 1.807) is 12.1 Å². The maximum Gasteiger partial charge on any atom is 0.213 e. The molecule has 1 heterocycles. The van der Waals surface area contributed by atoms with Gasteiger partial charge in [0.1, 0.15) is 0 Å². The maximum absolute atomic E-state index is 8.96. The van der Waals surface area contributed by atoms with Crippen molar-refractivity contribution in [3.8, 4) is 5.88 Å². The highest BCUT2D eigenvalue weighted by atomic mass is 35.5. The van der Waals surface area contributed by atoms with Crippen molar-refractivity contribution in [3.05, 3.63) is 22.8 Å². The van der Waals surface area contributed by atoms with Crippen LogP contribution in [0.3, 0.4) is 0 Å². The third-order valence-corrected chi connectivity index (χ3v) is 2.86. The molecule has 1 aliphatic carbocycles. The number of nitrogens with zero attached hydrogens (tertiary/aromatic N) is 1. The Labute approximate surface area is 94.0 Å². The van der Waals surface area contributed by atoms with Crippen LogP contribution >= 0.6 is 11.6 Å². The third-order valence-electron chi connectivity index (χ3n) is 2.52. The fourth-order valence-electron chi connectivity index (χ4n) is 1.39. The monoisotopic (exact) mass is 227 g/mol. The fraction of sp³-hybridized carbons (Fsp3) is 0.545.